The highest BCUT2D eigenvalue weighted by Crippen LogP contribution is 2.27. The number of hydrogen-bond acceptors (Lipinski definition) is 3. The van der Waals surface area contributed by atoms with Crippen LogP contribution in [-0.4, -0.2) is 25.4 Å². The van der Waals surface area contributed by atoms with Crippen LogP contribution in [0.4, 0.5) is 0 Å². The number of halogens is 1. The van der Waals surface area contributed by atoms with Gasteiger partial charge in [0.15, 0.2) is 0 Å². The van der Waals surface area contributed by atoms with Gasteiger partial charge in [-0.05, 0) is 31.4 Å². The fourth-order valence-electron chi connectivity index (χ4n) is 2.01. The van der Waals surface area contributed by atoms with Crippen molar-refractivity contribution >= 4 is 21.6 Å². The van der Waals surface area contributed by atoms with Crippen LogP contribution in [0.25, 0.3) is 0 Å². The topological polar surface area (TPSA) is 63.4 Å². The van der Waals surface area contributed by atoms with Crippen molar-refractivity contribution in [2.24, 2.45) is 5.73 Å². The van der Waals surface area contributed by atoms with E-state index in [-0.39, 0.29) is 9.92 Å². The average molecular weight is 275 g/mol. The number of nitrogens with two attached hydrogens (primary N) is 1. The van der Waals surface area contributed by atoms with Gasteiger partial charge in [-0.15, -0.1) is 0 Å². The van der Waals surface area contributed by atoms with Crippen LogP contribution in [0.5, 0.6) is 0 Å². The van der Waals surface area contributed by atoms with Crippen molar-refractivity contribution in [2.75, 3.05) is 6.54 Å². The molecule has 6 heteroatoms. The van der Waals surface area contributed by atoms with Gasteiger partial charge in [-0.25, -0.2) is 8.42 Å². The van der Waals surface area contributed by atoms with E-state index in [1.165, 1.54) is 10.4 Å². The van der Waals surface area contributed by atoms with Crippen LogP contribution in [0.3, 0.4) is 0 Å². The largest absolute Gasteiger partial charge is 0.315 e. The van der Waals surface area contributed by atoms with E-state index in [1.807, 2.05) is 0 Å². The summed E-state index contributed by atoms with van der Waals surface area (Å²) in [5, 5.41) is 0.241. The van der Waals surface area contributed by atoms with E-state index >= 15 is 0 Å². The maximum atomic E-state index is 12.4. The average Bonchev–Trinajstić information content (AvgIpc) is 2.29. The minimum Gasteiger partial charge on any atom is -0.315 e. The van der Waals surface area contributed by atoms with Crippen molar-refractivity contribution in [3.05, 3.63) is 29.3 Å². The van der Waals surface area contributed by atoms with Gasteiger partial charge in [0.05, 0.1) is 11.2 Å². The minimum atomic E-state index is -3.57. The summed E-state index contributed by atoms with van der Waals surface area (Å²) in [7, 11) is -3.57. The fraction of sp³-hybridized carbons (Fsp3) is 0.455. The van der Waals surface area contributed by atoms with E-state index < -0.39 is 16.2 Å². The monoisotopic (exact) mass is 274 g/mol. The van der Waals surface area contributed by atoms with E-state index in [9.17, 15) is 8.42 Å². The second kappa shape index (κ2) is 4.94. The SMILES string of the molecule is NC1CCCCN1S(=O)(=O)c1ccccc1Cl. The second-order valence-electron chi connectivity index (χ2n) is 4.11. The molecule has 1 unspecified atom stereocenters. The van der Waals surface area contributed by atoms with Gasteiger partial charge in [0.2, 0.25) is 10.0 Å². The maximum Gasteiger partial charge on any atom is 0.245 e. The van der Waals surface area contributed by atoms with Crippen molar-refractivity contribution in [1.29, 1.82) is 0 Å². The third-order valence-corrected chi connectivity index (χ3v) is 5.35. The van der Waals surface area contributed by atoms with Crippen molar-refractivity contribution in [3.63, 3.8) is 0 Å². The molecular weight excluding hydrogens is 260 g/mol. The molecule has 94 valence electrons. The lowest BCUT2D eigenvalue weighted by Crippen LogP contribution is -2.48. The Kier molecular flexibility index (Phi) is 3.73. The number of hydrogen-bond donors (Lipinski definition) is 1. The molecule has 1 fully saturated rings. The normalized spacial score (nSPS) is 22.6. The first kappa shape index (κ1) is 12.8. The fourth-order valence-corrected chi connectivity index (χ4v) is 4.09. The van der Waals surface area contributed by atoms with Crippen molar-refractivity contribution in [2.45, 2.75) is 30.3 Å². The highest BCUT2D eigenvalue weighted by atomic mass is 35.5. The highest BCUT2D eigenvalue weighted by Gasteiger charge is 2.32. The summed E-state index contributed by atoms with van der Waals surface area (Å²) < 4.78 is 26.1. The number of piperidine rings is 1. The summed E-state index contributed by atoms with van der Waals surface area (Å²) in [4.78, 5) is 0.138. The van der Waals surface area contributed by atoms with Crippen LogP contribution in [0.1, 0.15) is 19.3 Å². The van der Waals surface area contributed by atoms with Crippen molar-refractivity contribution < 1.29 is 8.42 Å². The minimum absolute atomic E-state index is 0.138. The highest BCUT2D eigenvalue weighted by molar-refractivity contribution is 7.89. The summed E-state index contributed by atoms with van der Waals surface area (Å²) in [6, 6.07) is 6.45. The molecule has 1 heterocycles. The maximum absolute atomic E-state index is 12.4. The zero-order valence-corrected chi connectivity index (χ0v) is 10.9. The summed E-state index contributed by atoms with van der Waals surface area (Å²) in [6.45, 7) is 0.467. The second-order valence-corrected chi connectivity index (χ2v) is 6.38. The van der Waals surface area contributed by atoms with Gasteiger partial charge in [0.1, 0.15) is 4.90 Å². The first-order chi connectivity index (χ1) is 8.03. The van der Waals surface area contributed by atoms with Crippen LogP contribution in [0.2, 0.25) is 5.02 Å². The Balaban J connectivity index is 2.39. The van der Waals surface area contributed by atoms with Crippen LogP contribution in [-0.2, 0) is 10.0 Å². The van der Waals surface area contributed by atoms with Gasteiger partial charge in [-0.1, -0.05) is 23.7 Å². The van der Waals surface area contributed by atoms with Crippen LogP contribution in [0.15, 0.2) is 29.2 Å². The van der Waals surface area contributed by atoms with Gasteiger partial charge in [0, 0.05) is 6.54 Å². The van der Waals surface area contributed by atoms with E-state index in [4.69, 9.17) is 17.3 Å². The smallest absolute Gasteiger partial charge is 0.245 e. The Hall–Kier alpha value is -0.620. The third-order valence-electron chi connectivity index (χ3n) is 2.92. The zero-order valence-electron chi connectivity index (χ0n) is 9.34. The number of rotatable bonds is 2. The van der Waals surface area contributed by atoms with Crippen molar-refractivity contribution in [3.8, 4) is 0 Å². The molecule has 0 radical (unpaired) electrons. The van der Waals surface area contributed by atoms with E-state index in [2.05, 4.69) is 0 Å². The number of nitrogens with zero attached hydrogens (tertiary/aromatic N) is 1. The third kappa shape index (κ3) is 2.47. The molecule has 0 bridgehead atoms. The Bertz CT molecular complexity index is 504. The lowest BCUT2D eigenvalue weighted by Gasteiger charge is -2.32. The number of benzene rings is 1. The van der Waals surface area contributed by atoms with E-state index in [1.54, 1.807) is 18.2 Å². The standard InChI is InChI=1S/C11H15ClN2O2S/c12-9-5-1-2-6-10(9)17(15,16)14-8-4-3-7-11(14)13/h1-2,5-6,11H,3-4,7-8,13H2. The Labute approximate surface area is 106 Å². The van der Waals surface area contributed by atoms with Crippen LogP contribution < -0.4 is 5.73 Å². The molecular formula is C11H15ClN2O2S. The molecule has 0 aromatic heterocycles. The van der Waals surface area contributed by atoms with Gasteiger partial charge < -0.3 is 5.73 Å². The molecule has 1 aromatic rings. The quantitative estimate of drug-likeness (QED) is 0.894. The summed E-state index contributed by atoms with van der Waals surface area (Å²) in [6.07, 6.45) is 2.07. The molecule has 17 heavy (non-hydrogen) atoms. The van der Waals surface area contributed by atoms with Gasteiger partial charge in [0.25, 0.3) is 0 Å². The van der Waals surface area contributed by atoms with Crippen molar-refractivity contribution in [1.82, 2.24) is 4.31 Å². The van der Waals surface area contributed by atoms with Gasteiger partial charge >= 0.3 is 0 Å². The zero-order chi connectivity index (χ0) is 12.5. The molecule has 0 aliphatic carbocycles. The molecule has 0 spiro atoms. The van der Waals surface area contributed by atoms with Crippen LogP contribution in [0, 0.1) is 0 Å². The molecule has 1 aliphatic heterocycles. The molecule has 0 amide bonds. The summed E-state index contributed by atoms with van der Waals surface area (Å²) in [5.41, 5.74) is 5.86. The Morgan fingerprint density at radius 1 is 1.29 bits per heavy atom. The summed E-state index contributed by atoms with van der Waals surface area (Å²) in [5.74, 6) is 0. The van der Waals surface area contributed by atoms with E-state index in [0.717, 1.165) is 12.8 Å². The molecule has 4 nitrogen and oxygen atoms in total. The van der Waals surface area contributed by atoms with Gasteiger partial charge in [-0.3, -0.25) is 0 Å². The summed E-state index contributed by atoms with van der Waals surface area (Å²) >= 11 is 5.93. The first-order valence-corrected chi connectivity index (χ1v) is 7.37. The first-order valence-electron chi connectivity index (χ1n) is 5.55. The van der Waals surface area contributed by atoms with Crippen LogP contribution >= 0.6 is 11.6 Å². The lowest BCUT2D eigenvalue weighted by molar-refractivity contribution is 0.258. The molecule has 1 aliphatic rings. The van der Waals surface area contributed by atoms with E-state index in [0.29, 0.717) is 13.0 Å². The Morgan fingerprint density at radius 3 is 2.65 bits per heavy atom. The molecule has 1 saturated heterocycles. The molecule has 1 aromatic carbocycles. The molecule has 0 saturated carbocycles. The Morgan fingerprint density at radius 2 is 2.00 bits per heavy atom. The predicted octanol–water partition coefficient (Wildman–Crippen LogP) is 1.80. The lowest BCUT2D eigenvalue weighted by atomic mass is 10.1. The van der Waals surface area contributed by atoms with Gasteiger partial charge in [-0.2, -0.15) is 4.31 Å². The molecule has 2 rings (SSSR count). The molecule has 1 atom stereocenters. The predicted molar refractivity (Wildman–Crippen MR) is 67.2 cm³/mol. The molecule has 2 N–H and O–H groups in total. The number of sulfonamides is 1.